The molecule has 37 heavy (non-hydrogen) atoms. The molecule has 0 saturated heterocycles. The van der Waals surface area contributed by atoms with Gasteiger partial charge in [-0.2, -0.15) is 0 Å². The lowest BCUT2D eigenvalue weighted by Crippen LogP contribution is -2.28. The highest BCUT2D eigenvalue weighted by molar-refractivity contribution is 9.10. The molecule has 1 N–H and O–H groups in total. The number of aromatic nitrogens is 1. The number of pyridine rings is 1. The standard InChI is InChI=1S/C30H19BrClNO4/c31-22-12-15-24-25(16-22)26(19-4-2-1-3-5-19)27(30(36)37)33(29(24)35)17-18-6-8-20(9-7-18)28(34)21-10-13-23(32)14-11-21/h1-16H,17H2,(H,36,37). The summed E-state index contributed by atoms with van der Waals surface area (Å²) in [6, 6.07) is 27.9. The fraction of sp³-hybridized carbons (Fsp3) is 0.0333. The third-order valence-electron chi connectivity index (χ3n) is 6.16. The Morgan fingerprint density at radius 1 is 0.811 bits per heavy atom. The molecule has 0 radical (unpaired) electrons. The van der Waals surface area contributed by atoms with E-state index in [2.05, 4.69) is 15.9 Å². The van der Waals surface area contributed by atoms with Gasteiger partial charge >= 0.3 is 5.97 Å². The fourth-order valence-electron chi connectivity index (χ4n) is 4.40. The van der Waals surface area contributed by atoms with E-state index in [0.29, 0.717) is 43.6 Å². The van der Waals surface area contributed by atoms with Gasteiger partial charge in [-0.25, -0.2) is 4.79 Å². The summed E-state index contributed by atoms with van der Waals surface area (Å²) in [6.45, 7) is 0.0295. The summed E-state index contributed by atoms with van der Waals surface area (Å²) in [6.07, 6.45) is 0. The van der Waals surface area contributed by atoms with Crippen LogP contribution in [0.2, 0.25) is 5.02 Å². The number of hydrogen-bond acceptors (Lipinski definition) is 3. The topological polar surface area (TPSA) is 76.4 Å². The molecular formula is C30H19BrClNO4. The molecule has 0 aliphatic carbocycles. The third kappa shape index (κ3) is 4.86. The summed E-state index contributed by atoms with van der Waals surface area (Å²) in [7, 11) is 0. The van der Waals surface area contributed by atoms with Crippen molar-refractivity contribution >= 4 is 50.1 Å². The Labute approximate surface area is 225 Å². The average molecular weight is 573 g/mol. The number of carboxylic acid groups (broad SMARTS) is 1. The quantitative estimate of drug-likeness (QED) is 0.221. The number of hydrogen-bond donors (Lipinski definition) is 1. The van der Waals surface area contributed by atoms with Crippen molar-refractivity contribution in [3.05, 3.63) is 139 Å². The van der Waals surface area contributed by atoms with Crippen molar-refractivity contribution in [3.63, 3.8) is 0 Å². The number of nitrogens with zero attached hydrogens (tertiary/aromatic N) is 1. The Hall–Kier alpha value is -4.00. The van der Waals surface area contributed by atoms with Gasteiger partial charge in [0.2, 0.25) is 0 Å². The monoisotopic (exact) mass is 571 g/mol. The first-order chi connectivity index (χ1) is 17.8. The highest BCUT2D eigenvalue weighted by atomic mass is 79.9. The normalized spacial score (nSPS) is 11.0. The Morgan fingerprint density at radius 2 is 1.43 bits per heavy atom. The second-order valence-corrected chi connectivity index (χ2v) is 9.86. The molecule has 1 heterocycles. The number of halogens is 2. The maximum atomic E-state index is 13.6. The number of rotatable bonds is 6. The second-order valence-electron chi connectivity index (χ2n) is 8.51. The van der Waals surface area contributed by atoms with Crippen LogP contribution in [0.3, 0.4) is 0 Å². The van der Waals surface area contributed by atoms with Crippen LogP contribution in [-0.2, 0) is 6.54 Å². The van der Waals surface area contributed by atoms with Crippen LogP contribution in [0, 0.1) is 0 Å². The lowest BCUT2D eigenvalue weighted by molar-refractivity contribution is 0.0685. The summed E-state index contributed by atoms with van der Waals surface area (Å²) in [5.41, 5.74) is 2.34. The molecule has 5 nitrogen and oxygen atoms in total. The molecule has 0 aliphatic rings. The van der Waals surface area contributed by atoms with Crippen LogP contribution >= 0.6 is 27.5 Å². The maximum Gasteiger partial charge on any atom is 0.353 e. The highest BCUT2D eigenvalue weighted by Crippen LogP contribution is 2.33. The van der Waals surface area contributed by atoms with E-state index in [0.717, 1.165) is 4.47 Å². The van der Waals surface area contributed by atoms with E-state index in [9.17, 15) is 19.5 Å². The molecule has 0 fully saturated rings. The summed E-state index contributed by atoms with van der Waals surface area (Å²) >= 11 is 9.36. The zero-order valence-corrected chi connectivity index (χ0v) is 21.7. The molecule has 182 valence electrons. The van der Waals surface area contributed by atoms with Crippen molar-refractivity contribution in [2.75, 3.05) is 0 Å². The minimum Gasteiger partial charge on any atom is -0.477 e. The van der Waals surface area contributed by atoms with Gasteiger partial charge in [-0.15, -0.1) is 0 Å². The summed E-state index contributed by atoms with van der Waals surface area (Å²) in [5.74, 6) is -1.36. The van der Waals surface area contributed by atoms with Gasteiger partial charge in [0.25, 0.3) is 5.56 Å². The number of aromatic carboxylic acids is 1. The van der Waals surface area contributed by atoms with Crippen molar-refractivity contribution in [2.45, 2.75) is 6.54 Å². The van der Waals surface area contributed by atoms with Gasteiger partial charge in [0.05, 0.1) is 6.54 Å². The zero-order valence-electron chi connectivity index (χ0n) is 19.3. The average Bonchev–Trinajstić information content (AvgIpc) is 2.90. The molecule has 0 unspecified atom stereocenters. The van der Waals surface area contributed by atoms with E-state index in [1.807, 2.05) is 30.3 Å². The molecule has 0 aliphatic heterocycles. The van der Waals surface area contributed by atoms with Gasteiger partial charge in [0.1, 0.15) is 5.69 Å². The molecule has 0 atom stereocenters. The lowest BCUT2D eigenvalue weighted by atomic mass is 9.96. The largest absolute Gasteiger partial charge is 0.477 e. The summed E-state index contributed by atoms with van der Waals surface area (Å²) in [5, 5.41) is 11.8. The molecule has 7 heteroatoms. The molecule has 5 rings (SSSR count). The molecule has 0 spiro atoms. The number of carbonyl (C=O) groups excluding carboxylic acids is 1. The Bertz CT molecular complexity index is 1710. The van der Waals surface area contributed by atoms with Gasteiger partial charge < -0.3 is 5.11 Å². The zero-order chi connectivity index (χ0) is 26.1. The van der Waals surface area contributed by atoms with Crippen LogP contribution in [0.5, 0.6) is 0 Å². The maximum absolute atomic E-state index is 13.6. The number of carbonyl (C=O) groups is 2. The summed E-state index contributed by atoms with van der Waals surface area (Å²) in [4.78, 5) is 39.0. The molecule has 0 saturated carbocycles. The van der Waals surface area contributed by atoms with Crippen LogP contribution in [0.15, 0.2) is 106 Å². The predicted molar refractivity (Wildman–Crippen MR) is 149 cm³/mol. The van der Waals surface area contributed by atoms with E-state index in [-0.39, 0.29) is 18.0 Å². The minimum atomic E-state index is -1.20. The predicted octanol–water partition coefficient (Wildman–Crippen LogP) is 7.06. The summed E-state index contributed by atoms with van der Waals surface area (Å²) < 4.78 is 2.03. The smallest absolute Gasteiger partial charge is 0.353 e. The van der Waals surface area contributed by atoms with E-state index in [1.54, 1.807) is 66.7 Å². The van der Waals surface area contributed by atoms with E-state index in [1.165, 1.54) is 4.57 Å². The SMILES string of the molecule is O=C(c1ccc(Cl)cc1)c1ccc(Cn2c(C(=O)O)c(-c3ccccc3)c3cc(Br)ccc3c2=O)cc1. The van der Waals surface area contributed by atoms with Crippen LogP contribution < -0.4 is 5.56 Å². The van der Waals surface area contributed by atoms with Gasteiger partial charge in [0.15, 0.2) is 5.78 Å². The van der Waals surface area contributed by atoms with Gasteiger partial charge in [-0.3, -0.25) is 14.2 Å². The lowest BCUT2D eigenvalue weighted by Gasteiger charge is -2.18. The second kappa shape index (κ2) is 10.2. The van der Waals surface area contributed by atoms with Crippen molar-refractivity contribution < 1.29 is 14.7 Å². The number of benzene rings is 4. The molecule has 5 aromatic rings. The Morgan fingerprint density at radius 3 is 2.05 bits per heavy atom. The van der Waals surface area contributed by atoms with Gasteiger partial charge in [0, 0.05) is 31.6 Å². The van der Waals surface area contributed by atoms with Crippen LogP contribution in [0.4, 0.5) is 0 Å². The first kappa shape index (κ1) is 24.7. The number of ketones is 1. The van der Waals surface area contributed by atoms with E-state index >= 15 is 0 Å². The van der Waals surface area contributed by atoms with Crippen LogP contribution in [0.25, 0.3) is 21.9 Å². The number of fused-ring (bicyclic) bond motifs is 1. The molecular weight excluding hydrogens is 554 g/mol. The molecule has 0 bridgehead atoms. The van der Waals surface area contributed by atoms with Crippen LogP contribution in [-0.4, -0.2) is 21.4 Å². The van der Waals surface area contributed by atoms with Crippen LogP contribution in [0.1, 0.15) is 32.0 Å². The Balaban J connectivity index is 1.62. The van der Waals surface area contributed by atoms with E-state index < -0.39 is 11.5 Å². The molecule has 4 aromatic carbocycles. The van der Waals surface area contributed by atoms with Crippen molar-refractivity contribution in [3.8, 4) is 11.1 Å². The van der Waals surface area contributed by atoms with Crippen molar-refractivity contribution in [2.24, 2.45) is 0 Å². The van der Waals surface area contributed by atoms with Gasteiger partial charge in [-0.05, 0) is 59.0 Å². The first-order valence-electron chi connectivity index (χ1n) is 11.4. The highest BCUT2D eigenvalue weighted by Gasteiger charge is 2.23. The Kier molecular flexibility index (Phi) is 6.78. The van der Waals surface area contributed by atoms with Crippen molar-refractivity contribution in [1.82, 2.24) is 4.57 Å². The number of carboxylic acids is 1. The third-order valence-corrected chi connectivity index (χ3v) is 6.91. The minimum absolute atomic E-state index is 0.0295. The molecule has 0 amide bonds. The first-order valence-corrected chi connectivity index (χ1v) is 12.5. The van der Waals surface area contributed by atoms with E-state index in [4.69, 9.17) is 11.6 Å². The van der Waals surface area contributed by atoms with Crippen molar-refractivity contribution in [1.29, 1.82) is 0 Å². The fourth-order valence-corrected chi connectivity index (χ4v) is 4.89. The van der Waals surface area contributed by atoms with Gasteiger partial charge in [-0.1, -0.05) is 82.1 Å². The molecule has 1 aromatic heterocycles.